The monoisotopic (exact) mass is 488 g/mol. The average molecular weight is 489 g/mol. The van der Waals surface area contributed by atoms with E-state index in [-0.39, 0.29) is 29.8 Å². The van der Waals surface area contributed by atoms with Crippen molar-refractivity contribution in [2.45, 2.75) is 58.2 Å². The highest BCUT2D eigenvalue weighted by Gasteiger charge is 2.21. The van der Waals surface area contributed by atoms with Crippen LogP contribution in [0.1, 0.15) is 49.4 Å². The van der Waals surface area contributed by atoms with Crippen molar-refractivity contribution in [2.75, 3.05) is 5.32 Å². The third kappa shape index (κ3) is 4.41. The van der Waals surface area contributed by atoms with Crippen molar-refractivity contribution < 1.29 is 9.59 Å². The molecular formula is C26H28N6O4. The van der Waals surface area contributed by atoms with Gasteiger partial charge in [-0.15, -0.1) is 5.10 Å². The van der Waals surface area contributed by atoms with E-state index in [1.165, 1.54) is 8.97 Å². The van der Waals surface area contributed by atoms with E-state index >= 15 is 0 Å². The van der Waals surface area contributed by atoms with Crippen molar-refractivity contribution in [2.24, 2.45) is 0 Å². The summed E-state index contributed by atoms with van der Waals surface area (Å²) in [6.45, 7) is 1.96. The fraction of sp³-hybridized carbons (Fsp3) is 0.346. The molecule has 1 saturated carbocycles. The number of aromatic nitrogens is 4. The Morgan fingerprint density at radius 1 is 1.06 bits per heavy atom. The van der Waals surface area contributed by atoms with E-state index in [0.717, 1.165) is 30.4 Å². The van der Waals surface area contributed by atoms with Crippen LogP contribution in [0.4, 0.5) is 5.69 Å². The lowest BCUT2D eigenvalue weighted by Crippen LogP contribution is -2.33. The van der Waals surface area contributed by atoms with Gasteiger partial charge in [-0.05, 0) is 49.6 Å². The van der Waals surface area contributed by atoms with Gasteiger partial charge < -0.3 is 10.6 Å². The van der Waals surface area contributed by atoms with Crippen LogP contribution in [-0.2, 0) is 17.9 Å². The maximum atomic E-state index is 13.4. The molecule has 186 valence electrons. The molecule has 2 amide bonds. The van der Waals surface area contributed by atoms with Gasteiger partial charge in [-0.2, -0.15) is 0 Å². The Morgan fingerprint density at radius 3 is 2.53 bits per heavy atom. The number of nitrogens with zero attached hydrogens (tertiary/aromatic N) is 4. The lowest BCUT2D eigenvalue weighted by molar-refractivity contribution is -0.117. The quantitative estimate of drug-likeness (QED) is 0.414. The fourth-order valence-corrected chi connectivity index (χ4v) is 4.78. The molecular weight excluding hydrogens is 460 g/mol. The maximum Gasteiger partial charge on any atom is 0.352 e. The first-order valence-electron chi connectivity index (χ1n) is 12.3. The summed E-state index contributed by atoms with van der Waals surface area (Å²) in [7, 11) is 0. The zero-order valence-electron chi connectivity index (χ0n) is 20.1. The summed E-state index contributed by atoms with van der Waals surface area (Å²) in [5.74, 6) is -0.519. The first kappa shape index (κ1) is 23.5. The molecule has 4 aromatic rings. The summed E-state index contributed by atoms with van der Waals surface area (Å²) in [4.78, 5) is 52.2. The van der Waals surface area contributed by atoms with Gasteiger partial charge in [-0.25, -0.2) is 13.9 Å². The average Bonchev–Trinajstić information content (AvgIpc) is 3.50. The zero-order chi connectivity index (χ0) is 25.2. The number of anilines is 1. The Bertz CT molecular complexity index is 1560. The molecule has 36 heavy (non-hydrogen) atoms. The molecule has 0 saturated heterocycles. The molecule has 0 radical (unpaired) electrons. The minimum absolute atomic E-state index is 0.138. The number of hydrogen-bond donors (Lipinski definition) is 2. The van der Waals surface area contributed by atoms with E-state index in [4.69, 9.17) is 0 Å². The largest absolute Gasteiger partial charge is 0.352 e. The number of aryl methyl sites for hydroxylation is 1. The Balaban J connectivity index is 1.58. The normalized spacial score (nSPS) is 13.9. The molecule has 10 heteroatoms. The van der Waals surface area contributed by atoms with E-state index in [1.54, 1.807) is 42.5 Å². The second-order valence-electron chi connectivity index (χ2n) is 9.13. The van der Waals surface area contributed by atoms with Crippen LogP contribution >= 0.6 is 0 Å². The molecule has 0 unspecified atom stereocenters. The lowest BCUT2D eigenvalue weighted by atomic mass is 10.1. The van der Waals surface area contributed by atoms with Crippen LogP contribution in [0.5, 0.6) is 0 Å². The number of rotatable bonds is 7. The number of nitrogens with one attached hydrogen (secondary N) is 2. The van der Waals surface area contributed by atoms with Gasteiger partial charge in [0.1, 0.15) is 6.54 Å². The van der Waals surface area contributed by atoms with Crippen molar-refractivity contribution >= 4 is 34.2 Å². The number of carbonyl (C=O) groups excluding carboxylic acids is 2. The van der Waals surface area contributed by atoms with E-state index in [1.807, 2.05) is 13.0 Å². The van der Waals surface area contributed by atoms with Gasteiger partial charge in [-0.1, -0.05) is 38.0 Å². The molecule has 0 bridgehead atoms. The SMILES string of the molecule is CCCn1c(=O)c2ccc(C(=O)NC3CCCC3)cc2n2c(=O)n(CC(=O)Nc3ccccc3)nc12. The van der Waals surface area contributed by atoms with Gasteiger partial charge in [0.2, 0.25) is 11.7 Å². The third-order valence-corrected chi connectivity index (χ3v) is 6.53. The topological polar surface area (TPSA) is 120 Å². The first-order chi connectivity index (χ1) is 17.5. The fourth-order valence-electron chi connectivity index (χ4n) is 4.78. The molecule has 2 aromatic heterocycles. The van der Waals surface area contributed by atoms with Crippen molar-refractivity contribution in [3.05, 3.63) is 74.9 Å². The van der Waals surface area contributed by atoms with Crippen LogP contribution < -0.4 is 21.9 Å². The van der Waals surface area contributed by atoms with Gasteiger partial charge in [0.05, 0.1) is 10.9 Å². The van der Waals surface area contributed by atoms with Crippen LogP contribution in [-0.4, -0.2) is 36.6 Å². The Labute approximate surface area is 206 Å². The van der Waals surface area contributed by atoms with Crippen LogP contribution in [0.2, 0.25) is 0 Å². The van der Waals surface area contributed by atoms with E-state index in [9.17, 15) is 19.2 Å². The van der Waals surface area contributed by atoms with Crippen LogP contribution in [0.25, 0.3) is 16.7 Å². The molecule has 0 aliphatic heterocycles. The number of fused-ring (bicyclic) bond motifs is 3. The minimum atomic E-state index is -0.559. The highest BCUT2D eigenvalue weighted by atomic mass is 16.2. The molecule has 2 aromatic carbocycles. The third-order valence-electron chi connectivity index (χ3n) is 6.53. The van der Waals surface area contributed by atoms with Crippen LogP contribution in [0.3, 0.4) is 0 Å². The molecule has 10 nitrogen and oxygen atoms in total. The second-order valence-corrected chi connectivity index (χ2v) is 9.13. The van der Waals surface area contributed by atoms with E-state index < -0.39 is 11.6 Å². The molecule has 1 aliphatic rings. The van der Waals surface area contributed by atoms with Gasteiger partial charge >= 0.3 is 5.69 Å². The smallest absolute Gasteiger partial charge is 0.349 e. The standard InChI is InChI=1S/C26H28N6O4/c1-2-14-30-24(35)20-13-12-17(23(34)28-19-10-6-7-11-19)15-21(20)32-25(30)29-31(26(32)36)16-22(33)27-18-8-4-3-5-9-18/h3-5,8-9,12-13,15,19H,2,6-7,10-11,14,16H2,1H3,(H,27,33)(H,28,34). The van der Waals surface area contributed by atoms with Crippen LogP contribution in [0, 0.1) is 0 Å². The Hall–Kier alpha value is -4.21. The predicted molar refractivity (Wildman–Crippen MR) is 136 cm³/mol. The van der Waals surface area contributed by atoms with Crippen molar-refractivity contribution in [3.8, 4) is 0 Å². The maximum absolute atomic E-state index is 13.4. The number of carbonyl (C=O) groups is 2. The zero-order valence-corrected chi connectivity index (χ0v) is 20.1. The number of amides is 2. The summed E-state index contributed by atoms with van der Waals surface area (Å²) >= 11 is 0. The van der Waals surface area contributed by atoms with Crippen molar-refractivity contribution in [1.82, 2.24) is 24.1 Å². The van der Waals surface area contributed by atoms with E-state index in [2.05, 4.69) is 15.7 Å². The second kappa shape index (κ2) is 9.80. The summed E-state index contributed by atoms with van der Waals surface area (Å²) in [5, 5.41) is 10.4. The molecule has 1 aliphatic carbocycles. The van der Waals surface area contributed by atoms with Gasteiger partial charge in [0, 0.05) is 23.8 Å². The van der Waals surface area contributed by atoms with Gasteiger partial charge in [-0.3, -0.25) is 19.0 Å². The lowest BCUT2D eigenvalue weighted by Gasteiger charge is -2.13. The molecule has 2 heterocycles. The minimum Gasteiger partial charge on any atom is -0.349 e. The molecule has 0 spiro atoms. The number of hydrogen-bond acceptors (Lipinski definition) is 5. The summed E-state index contributed by atoms with van der Waals surface area (Å²) in [6, 6.07) is 13.8. The van der Waals surface area contributed by atoms with Gasteiger partial charge in [0.25, 0.3) is 11.5 Å². The first-order valence-corrected chi connectivity index (χ1v) is 12.3. The van der Waals surface area contributed by atoms with Crippen molar-refractivity contribution in [3.63, 3.8) is 0 Å². The summed E-state index contributed by atoms with van der Waals surface area (Å²) < 4.78 is 3.80. The Morgan fingerprint density at radius 2 is 1.81 bits per heavy atom. The summed E-state index contributed by atoms with van der Waals surface area (Å²) in [6.07, 6.45) is 4.73. The van der Waals surface area contributed by atoms with Crippen LogP contribution in [0.15, 0.2) is 58.1 Å². The highest BCUT2D eigenvalue weighted by molar-refractivity contribution is 5.98. The molecule has 5 rings (SSSR count). The van der Waals surface area contributed by atoms with E-state index in [0.29, 0.717) is 35.1 Å². The van der Waals surface area contributed by atoms with Gasteiger partial charge in [0.15, 0.2) is 0 Å². The highest BCUT2D eigenvalue weighted by Crippen LogP contribution is 2.19. The number of para-hydroxylation sites is 1. The number of benzene rings is 2. The Kier molecular flexibility index (Phi) is 6.41. The van der Waals surface area contributed by atoms with Crippen molar-refractivity contribution in [1.29, 1.82) is 0 Å². The predicted octanol–water partition coefficient (Wildman–Crippen LogP) is 2.53. The molecule has 0 atom stereocenters. The molecule has 1 fully saturated rings. The summed E-state index contributed by atoms with van der Waals surface area (Å²) in [5.41, 5.74) is 0.404. The molecule has 2 N–H and O–H groups in total.